The second kappa shape index (κ2) is 6.15. The van der Waals surface area contributed by atoms with E-state index in [1.165, 1.54) is 6.33 Å². The van der Waals surface area contributed by atoms with Gasteiger partial charge >= 0.3 is 0 Å². The number of imidazole rings is 1. The highest BCUT2D eigenvalue weighted by Crippen LogP contribution is 2.17. The number of likely N-dealkylation sites (N-methyl/N-ethyl adjacent to an activating group) is 1. The summed E-state index contributed by atoms with van der Waals surface area (Å²) < 4.78 is 1.84. The molecule has 126 valence electrons. The van der Waals surface area contributed by atoms with Crippen LogP contribution in [0.5, 0.6) is 0 Å². The Morgan fingerprint density at radius 3 is 3.12 bits per heavy atom. The summed E-state index contributed by atoms with van der Waals surface area (Å²) in [7, 11) is 1.79. The summed E-state index contributed by atoms with van der Waals surface area (Å²) in [6, 6.07) is 5.64. The number of anilines is 1. The van der Waals surface area contributed by atoms with Crippen molar-refractivity contribution in [1.29, 1.82) is 0 Å². The molecular formula is C15H15N9O. The zero-order valence-corrected chi connectivity index (χ0v) is 13.4. The van der Waals surface area contributed by atoms with Crippen LogP contribution in [0, 0.1) is 0 Å². The second-order valence-corrected chi connectivity index (χ2v) is 5.48. The lowest BCUT2D eigenvalue weighted by Crippen LogP contribution is -2.35. The van der Waals surface area contributed by atoms with Crippen molar-refractivity contribution < 1.29 is 4.79 Å². The molecule has 0 aromatic carbocycles. The summed E-state index contributed by atoms with van der Waals surface area (Å²) in [6.07, 6.45) is 4.83. The SMILES string of the molecule is CN(CC(=O)NCc1nnc2ccccn12)c1ncnc2nc[nH]c12. The first-order chi connectivity index (χ1) is 12.2. The minimum atomic E-state index is -0.151. The molecule has 0 aliphatic carbocycles. The average Bonchev–Trinajstić information content (AvgIpc) is 3.26. The van der Waals surface area contributed by atoms with Crippen LogP contribution in [-0.4, -0.2) is 54.0 Å². The fourth-order valence-corrected chi connectivity index (χ4v) is 2.58. The van der Waals surface area contributed by atoms with Gasteiger partial charge in [0.15, 0.2) is 22.9 Å². The summed E-state index contributed by atoms with van der Waals surface area (Å²) in [5.74, 6) is 1.14. The number of aromatic amines is 1. The zero-order chi connectivity index (χ0) is 17.2. The number of H-pyrrole nitrogens is 1. The van der Waals surface area contributed by atoms with Gasteiger partial charge in [0.25, 0.3) is 0 Å². The van der Waals surface area contributed by atoms with Gasteiger partial charge in [-0.15, -0.1) is 10.2 Å². The van der Waals surface area contributed by atoms with Crippen LogP contribution in [0.3, 0.4) is 0 Å². The smallest absolute Gasteiger partial charge is 0.239 e. The van der Waals surface area contributed by atoms with E-state index in [0.717, 1.165) is 5.65 Å². The molecule has 0 saturated carbocycles. The molecule has 10 heteroatoms. The number of aromatic nitrogens is 7. The maximum Gasteiger partial charge on any atom is 0.239 e. The van der Waals surface area contributed by atoms with Crippen molar-refractivity contribution in [2.45, 2.75) is 6.54 Å². The lowest BCUT2D eigenvalue weighted by atomic mass is 10.4. The third-order valence-electron chi connectivity index (χ3n) is 3.77. The van der Waals surface area contributed by atoms with Gasteiger partial charge in [-0.25, -0.2) is 15.0 Å². The molecule has 1 amide bonds. The van der Waals surface area contributed by atoms with E-state index in [1.54, 1.807) is 18.3 Å². The van der Waals surface area contributed by atoms with Crippen molar-refractivity contribution in [3.63, 3.8) is 0 Å². The quantitative estimate of drug-likeness (QED) is 0.532. The molecule has 0 bridgehead atoms. The number of pyridine rings is 1. The van der Waals surface area contributed by atoms with Gasteiger partial charge in [0, 0.05) is 13.2 Å². The van der Waals surface area contributed by atoms with E-state index in [4.69, 9.17) is 0 Å². The number of nitrogens with zero attached hydrogens (tertiary/aromatic N) is 7. The van der Waals surface area contributed by atoms with Crippen LogP contribution in [0.1, 0.15) is 5.82 Å². The van der Waals surface area contributed by atoms with E-state index in [-0.39, 0.29) is 12.5 Å². The van der Waals surface area contributed by atoms with Gasteiger partial charge in [-0.05, 0) is 12.1 Å². The highest BCUT2D eigenvalue weighted by atomic mass is 16.2. The molecule has 4 aromatic rings. The van der Waals surface area contributed by atoms with Crippen LogP contribution in [0.4, 0.5) is 5.82 Å². The summed E-state index contributed by atoms with van der Waals surface area (Å²) >= 11 is 0. The molecule has 0 spiro atoms. The maximum absolute atomic E-state index is 12.3. The van der Waals surface area contributed by atoms with Gasteiger partial charge in [-0.3, -0.25) is 9.20 Å². The minimum absolute atomic E-state index is 0.141. The fraction of sp³-hybridized carbons (Fsp3) is 0.200. The Kier molecular flexibility index (Phi) is 3.69. The standard InChI is InChI=1S/C15H15N9O/c1-23(15-13-14(18-8-17-13)19-9-20-15)7-12(25)16-6-11-22-21-10-4-2-3-5-24(10)11/h2-5,8-9H,6-7H2,1H3,(H,16,25)(H,17,18,19,20). The van der Waals surface area contributed by atoms with Crippen molar-refractivity contribution in [3.05, 3.63) is 42.9 Å². The molecular weight excluding hydrogens is 322 g/mol. The molecule has 0 unspecified atom stereocenters. The van der Waals surface area contributed by atoms with E-state index in [1.807, 2.05) is 28.8 Å². The molecule has 4 heterocycles. The minimum Gasteiger partial charge on any atom is -0.348 e. The van der Waals surface area contributed by atoms with E-state index in [9.17, 15) is 4.79 Å². The normalized spacial score (nSPS) is 11.1. The van der Waals surface area contributed by atoms with E-state index in [0.29, 0.717) is 29.4 Å². The number of carbonyl (C=O) groups is 1. The molecule has 0 radical (unpaired) electrons. The van der Waals surface area contributed by atoms with E-state index >= 15 is 0 Å². The topological polar surface area (TPSA) is 117 Å². The Morgan fingerprint density at radius 1 is 1.28 bits per heavy atom. The van der Waals surface area contributed by atoms with Crippen LogP contribution in [-0.2, 0) is 11.3 Å². The summed E-state index contributed by atoms with van der Waals surface area (Å²) in [5.41, 5.74) is 2.00. The third-order valence-corrected chi connectivity index (χ3v) is 3.77. The Labute approximate surface area is 141 Å². The van der Waals surface area contributed by atoms with Gasteiger partial charge in [-0.2, -0.15) is 0 Å². The Morgan fingerprint density at radius 2 is 2.20 bits per heavy atom. The number of hydrogen-bond donors (Lipinski definition) is 2. The largest absolute Gasteiger partial charge is 0.348 e. The number of carbonyl (C=O) groups excluding carboxylic acids is 1. The summed E-state index contributed by atoms with van der Waals surface area (Å²) in [6.45, 7) is 0.433. The van der Waals surface area contributed by atoms with Crippen molar-refractivity contribution in [2.75, 3.05) is 18.5 Å². The molecule has 0 atom stereocenters. The van der Waals surface area contributed by atoms with Crippen LogP contribution in [0.25, 0.3) is 16.8 Å². The van der Waals surface area contributed by atoms with Crippen LogP contribution in [0.2, 0.25) is 0 Å². The number of hydrogen-bond acceptors (Lipinski definition) is 7. The predicted octanol–water partition coefficient (Wildman–Crippen LogP) is 0.148. The van der Waals surface area contributed by atoms with Crippen molar-refractivity contribution in [2.24, 2.45) is 0 Å². The summed E-state index contributed by atoms with van der Waals surface area (Å²) in [4.78, 5) is 29.3. The van der Waals surface area contributed by atoms with Crippen molar-refractivity contribution in [1.82, 2.24) is 39.9 Å². The van der Waals surface area contributed by atoms with Crippen molar-refractivity contribution in [3.8, 4) is 0 Å². The van der Waals surface area contributed by atoms with Gasteiger partial charge in [0.05, 0.1) is 19.4 Å². The zero-order valence-electron chi connectivity index (χ0n) is 13.4. The summed E-state index contributed by atoms with van der Waals surface area (Å²) in [5, 5.41) is 11.0. The molecule has 2 N–H and O–H groups in total. The monoisotopic (exact) mass is 337 g/mol. The van der Waals surface area contributed by atoms with E-state index < -0.39 is 0 Å². The number of rotatable bonds is 5. The Balaban J connectivity index is 1.43. The molecule has 0 saturated heterocycles. The number of fused-ring (bicyclic) bond motifs is 2. The lowest BCUT2D eigenvalue weighted by Gasteiger charge is -2.17. The van der Waals surface area contributed by atoms with Gasteiger partial charge < -0.3 is 15.2 Å². The van der Waals surface area contributed by atoms with Crippen LogP contribution in [0.15, 0.2) is 37.1 Å². The first kappa shape index (κ1) is 15.0. The molecule has 10 nitrogen and oxygen atoms in total. The Hall–Kier alpha value is -3.56. The first-order valence-electron chi connectivity index (χ1n) is 7.63. The van der Waals surface area contributed by atoms with Gasteiger partial charge in [-0.1, -0.05) is 6.07 Å². The fourth-order valence-electron chi connectivity index (χ4n) is 2.58. The highest BCUT2D eigenvalue weighted by Gasteiger charge is 2.14. The van der Waals surface area contributed by atoms with Gasteiger partial charge in [0.1, 0.15) is 11.8 Å². The highest BCUT2D eigenvalue weighted by molar-refractivity contribution is 5.86. The van der Waals surface area contributed by atoms with Crippen LogP contribution < -0.4 is 10.2 Å². The molecule has 0 aliphatic rings. The molecule has 4 rings (SSSR count). The first-order valence-corrected chi connectivity index (χ1v) is 7.63. The van der Waals surface area contributed by atoms with Gasteiger partial charge in [0.2, 0.25) is 5.91 Å². The van der Waals surface area contributed by atoms with E-state index in [2.05, 4.69) is 35.5 Å². The lowest BCUT2D eigenvalue weighted by molar-refractivity contribution is -0.119. The molecule has 25 heavy (non-hydrogen) atoms. The average molecular weight is 337 g/mol. The molecule has 0 aliphatic heterocycles. The molecule has 0 fully saturated rings. The molecule has 4 aromatic heterocycles. The Bertz CT molecular complexity index is 1040. The second-order valence-electron chi connectivity index (χ2n) is 5.48. The predicted molar refractivity (Wildman–Crippen MR) is 89.8 cm³/mol. The third kappa shape index (κ3) is 2.84. The number of amides is 1. The number of nitrogens with one attached hydrogen (secondary N) is 2. The maximum atomic E-state index is 12.3. The van der Waals surface area contributed by atoms with Crippen molar-refractivity contribution >= 4 is 28.5 Å². The van der Waals surface area contributed by atoms with Crippen LogP contribution >= 0.6 is 0 Å².